The lowest BCUT2D eigenvalue weighted by atomic mass is 10.3. The molecule has 0 unspecified atom stereocenters. The Morgan fingerprint density at radius 3 is 2.64 bits per heavy atom. The molecule has 0 aliphatic carbocycles. The summed E-state index contributed by atoms with van der Waals surface area (Å²) in [4.78, 5) is 3.84. The first-order valence-electron chi connectivity index (χ1n) is 7.37. The third-order valence-corrected chi connectivity index (χ3v) is 3.76. The molecule has 5 nitrogen and oxygen atoms in total. The van der Waals surface area contributed by atoms with E-state index in [1.807, 2.05) is 24.3 Å². The van der Waals surface area contributed by atoms with Crippen LogP contribution in [-0.2, 0) is 0 Å². The van der Waals surface area contributed by atoms with E-state index in [-0.39, 0.29) is 0 Å². The number of hydrogen-bond donors (Lipinski definition) is 0. The van der Waals surface area contributed by atoms with Crippen molar-refractivity contribution in [2.75, 3.05) is 13.1 Å². The number of benzene rings is 1. The van der Waals surface area contributed by atoms with Crippen LogP contribution in [0.25, 0.3) is 11.8 Å². The second kappa shape index (κ2) is 6.75. The average Bonchev–Trinajstić information content (AvgIpc) is 3.17. The number of tetrazole rings is 1. The van der Waals surface area contributed by atoms with Crippen molar-refractivity contribution in [1.82, 2.24) is 25.1 Å². The summed E-state index contributed by atoms with van der Waals surface area (Å²) < 4.78 is 0. The zero-order valence-electron chi connectivity index (χ0n) is 12.5. The number of likely N-dealkylation sites (tertiary alicyclic amines) is 1. The molecule has 3 rings (SSSR count). The molecular formula is C16H18ClN5. The Morgan fingerprint density at radius 1 is 1.18 bits per heavy atom. The molecule has 0 amide bonds. The SMILES string of the molecule is CC(C=Cc1nnn(-c2ccc(Cl)cc2)n1)=CN1CCCC1. The number of nitrogens with zero attached hydrogens (tertiary/aromatic N) is 5. The summed E-state index contributed by atoms with van der Waals surface area (Å²) in [7, 11) is 0. The highest BCUT2D eigenvalue weighted by Gasteiger charge is 2.07. The molecule has 114 valence electrons. The van der Waals surface area contributed by atoms with E-state index in [1.54, 1.807) is 12.1 Å². The van der Waals surface area contributed by atoms with Crippen molar-refractivity contribution in [2.24, 2.45) is 0 Å². The van der Waals surface area contributed by atoms with Crippen LogP contribution in [-0.4, -0.2) is 38.2 Å². The van der Waals surface area contributed by atoms with Crippen molar-refractivity contribution < 1.29 is 0 Å². The Labute approximate surface area is 134 Å². The van der Waals surface area contributed by atoms with Crippen molar-refractivity contribution in [1.29, 1.82) is 0 Å². The molecule has 22 heavy (non-hydrogen) atoms. The molecule has 2 aromatic rings. The molecule has 0 saturated carbocycles. The summed E-state index contributed by atoms with van der Waals surface area (Å²) in [5.41, 5.74) is 2.02. The quantitative estimate of drug-likeness (QED) is 0.812. The lowest BCUT2D eigenvalue weighted by Crippen LogP contribution is -2.10. The molecule has 0 atom stereocenters. The minimum absolute atomic E-state index is 0.587. The van der Waals surface area contributed by atoms with Gasteiger partial charge in [-0.2, -0.15) is 0 Å². The summed E-state index contributed by atoms with van der Waals surface area (Å²) in [6.07, 6.45) is 8.64. The number of rotatable bonds is 4. The predicted octanol–water partition coefficient (Wildman–Crippen LogP) is 3.33. The van der Waals surface area contributed by atoms with Gasteiger partial charge >= 0.3 is 0 Å². The van der Waals surface area contributed by atoms with Crippen LogP contribution in [0, 0.1) is 0 Å². The van der Waals surface area contributed by atoms with E-state index in [1.165, 1.54) is 23.2 Å². The number of hydrogen-bond acceptors (Lipinski definition) is 4. The molecular weight excluding hydrogens is 298 g/mol. The molecule has 1 aromatic heterocycles. The predicted molar refractivity (Wildman–Crippen MR) is 87.8 cm³/mol. The molecule has 0 spiro atoms. The molecule has 0 N–H and O–H groups in total. The van der Waals surface area contributed by atoms with Gasteiger partial charge in [0, 0.05) is 24.3 Å². The monoisotopic (exact) mass is 315 g/mol. The largest absolute Gasteiger partial charge is 0.377 e. The summed E-state index contributed by atoms with van der Waals surface area (Å²) in [5, 5.41) is 13.1. The number of allylic oxidation sites excluding steroid dienone is 2. The van der Waals surface area contributed by atoms with E-state index in [0.29, 0.717) is 10.8 Å². The van der Waals surface area contributed by atoms with E-state index in [9.17, 15) is 0 Å². The van der Waals surface area contributed by atoms with Gasteiger partial charge in [0.2, 0.25) is 0 Å². The van der Waals surface area contributed by atoms with E-state index >= 15 is 0 Å². The highest BCUT2D eigenvalue weighted by molar-refractivity contribution is 6.30. The van der Waals surface area contributed by atoms with E-state index in [4.69, 9.17) is 11.6 Å². The first kappa shape index (κ1) is 14.8. The van der Waals surface area contributed by atoms with Crippen molar-refractivity contribution in [3.05, 3.63) is 53.0 Å². The summed E-state index contributed by atoms with van der Waals surface area (Å²) in [6.45, 7) is 4.38. The van der Waals surface area contributed by atoms with E-state index < -0.39 is 0 Å². The molecule has 1 fully saturated rings. The highest BCUT2D eigenvalue weighted by Crippen LogP contribution is 2.12. The van der Waals surface area contributed by atoms with E-state index in [0.717, 1.165) is 18.8 Å². The maximum atomic E-state index is 5.87. The Hall–Kier alpha value is -2.14. The summed E-state index contributed by atoms with van der Waals surface area (Å²) in [5.74, 6) is 0.587. The lowest BCUT2D eigenvalue weighted by molar-refractivity contribution is 0.465. The minimum Gasteiger partial charge on any atom is -0.377 e. The van der Waals surface area contributed by atoms with Gasteiger partial charge in [0.25, 0.3) is 0 Å². The Balaban J connectivity index is 1.68. The topological polar surface area (TPSA) is 46.8 Å². The first-order chi connectivity index (χ1) is 10.7. The van der Waals surface area contributed by atoms with Crippen molar-refractivity contribution in [2.45, 2.75) is 19.8 Å². The maximum Gasteiger partial charge on any atom is 0.198 e. The first-order valence-corrected chi connectivity index (χ1v) is 7.75. The second-order valence-corrected chi connectivity index (χ2v) is 5.80. The Kier molecular flexibility index (Phi) is 4.53. The second-order valence-electron chi connectivity index (χ2n) is 5.36. The van der Waals surface area contributed by atoms with Crippen LogP contribution in [0.15, 0.2) is 42.1 Å². The molecule has 1 aliphatic heterocycles. The van der Waals surface area contributed by atoms with Gasteiger partial charge in [-0.3, -0.25) is 0 Å². The van der Waals surface area contributed by atoms with Crippen LogP contribution in [0.5, 0.6) is 0 Å². The van der Waals surface area contributed by atoms with Crippen LogP contribution in [0.2, 0.25) is 5.02 Å². The zero-order chi connectivity index (χ0) is 15.4. The molecule has 1 saturated heterocycles. The standard InChI is InChI=1S/C16H18ClN5/c1-13(12-21-10-2-3-11-21)4-9-16-18-20-22(19-16)15-7-5-14(17)6-8-15/h4-9,12H,2-3,10-11H2,1H3. The maximum absolute atomic E-state index is 5.87. The van der Waals surface area contributed by atoms with Gasteiger partial charge in [-0.25, -0.2) is 0 Å². The van der Waals surface area contributed by atoms with Crippen LogP contribution in [0.1, 0.15) is 25.6 Å². The van der Waals surface area contributed by atoms with Gasteiger partial charge in [-0.1, -0.05) is 17.7 Å². The van der Waals surface area contributed by atoms with Crippen molar-refractivity contribution >= 4 is 17.7 Å². The van der Waals surface area contributed by atoms with Gasteiger partial charge in [-0.15, -0.1) is 15.0 Å². The third kappa shape index (κ3) is 3.74. The molecule has 1 aromatic carbocycles. The van der Waals surface area contributed by atoms with Crippen LogP contribution >= 0.6 is 11.6 Å². The molecule has 1 aliphatic rings. The fraction of sp³-hybridized carbons (Fsp3) is 0.312. The minimum atomic E-state index is 0.587. The van der Waals surface area contributed by atoms with Crippen molar-refractivity contribution in [3.63, 3.8) is 0 Å². The fourth-order valence-corrected chi connectivity index (χ4v) is 2.51. The highest BCUT2D eigenvalue weighted by atomic mass is 35.5. The van der Waals surface area contributed by atoms with Crippen LogP contribution in [0.4, 0.5) is 0 Å². The van der Waals surface area contributed by atoms with Gasteiger partial charge in [0.1, 0.15) is 0 Å². The number of halogens is 1. The smallest absolute Gasteiger partial charge is 0.198 e. The summed E-state index contributed by atoms with van der Waals surface area (Å²) in [6, 6.07) is 7.32. The van der Waals surface area contributed by atoms with Gasteiger partial charge < -0.3 is 4.90 Å². The zero-order valence-corrected chi connectivity index (χ0v) is 13.2. The molecule has 2 heterocycles. The van der Waals surface area contributed by atoms with Crippen LogP contribution < -0.4 is 0 Å². The van der Waals surface area contributed by atoms with Gasteiger partial charge in [-0.05, 0) is 60.9 Å². The average molecular weight is 316 g/mol. The third-order valence-electron chi connectivity index (χ3n) is 3.51. The van der Waals surface area contributed by atoms with Crippen LogP contribution in [0.3, 0.4) is 0 Å². The molecule has 0 radical (unpaired) electrons. The Morgan fingerprint density at radius 2 is 1.91 bits per heavy atom. The van der Waals surface area contributed by atoms with E-state index in [2.05, 4.69) is 33.4 Å². The molecule has 6 heteroatoms. The van der Waals surface area contributed by atoms with Gasteiger partial charge in [0.15, 0.2) is 5.82 Å². The Bertz CT molecular complexity index is 681. The fourth-order valence-electron chi connectivity index (χ4n) is 2.38. The summed E-state index contributed by atoms with van der Waals surface area (Å²) >= 11 is 5.87. The van der Waals surface area contributed by atoms with Crippen molar-refractivity contribution in [3.8, 4) is 5.69 Å². The van der Waals surface area contributed by atoms with Gasteiger partial charge in [0.05, 0.1) is 5.69 Å². The lowest BCUT2D eigenvalue weighted by Gasteiger charge is -2.11. The number of aromatic nitrogens is 4. The normalized spacial score (nSPS) is 15.9. The molecule has 0 bridgehead atoms.